The molecule has 0 aliphatic carbocycles. The zero-order valence-corrected chi connectivity index (χ0v) is 14.1. The third kappa shape index (κ3) is 3.29. The van der Waals surface area contributed by atoms with Gasteiger partial charge in [0.1, 0.15) is 11.9 Å². The Labute approximate surface area is 145 Å². The van der Waals surface area contributed by atoms with Gasteiger partial charge in [-0.05, 0) is 31.5 Å². The van der Waals surface area contributed by atoms with Gasteiger partial charge in [0.2, 0.25) is 0 Å². The minimum absolute atomic E-state index is 0.0653. The quantitative estimate of drug-likeness (QED) is 0.857. The van der Waals surface area contributed by atoms with Gasteiger partial charge in [0.05, 0.1) is 5.56 Å². The molecular weight excluding hydrogens is 326 g/mol. The average Bonchev–Trinajstić information content (AvgIpc) is 2.61. The topological polar surface area (TPSA) is 41.6 Å². The number of benzene rings is 2. The van der Waals surface area contributed by atoms with Crippen LogP contribution in [0.4, 0.5) is 14.5 Å². The van der Waals surface area contributed by atoms with Crippen molar-refractivity contribution in [1.29, 1.82) is 0 Å². The molecule has 0 radical (unpaired) electrons. The Kier molecular flexibility index (Phi) is 4.88. The van der Waals surface area contributed by atoms with E-state index in [0.29, 0.717) is 16.8 Å². The van der Waals surface area contributed by atoms with Crippen molar-refractivity contribution >= 4 is 11.6 Å². The molecule has 1 aliphatic rings. The second kappa shape index (κ2) is 7.09. The summed E-state index contributed by atoms with van der Waals surface area (Å²) in [7, 11) is 0. The standard InChI is InChI=1S/C19H20F2N2O2/c1-3-12(2)23-17(14-9-5-7-11-16(14)25-19(20)21)22-15-10-6-4-8-13(15)18(23)24/h4-12,17,19,22H,3H2,1-2H3/t12-,17-/m1/s1. The van der Waals surface area contributed by atoms with Crippen molar-refractivity contribution in [3.05, 3.63) is 59.7 Å². The van der Waals surface area contributed by atoms with Gasteiger partial charge in [0.25, 0.3) is 5.91 Å². The molecule has 0 aromatic heterocycles. The summed E-state index contributed by atoms with van der Waals surface area (Å²) in [4.78, 5) is 14.7. The highest BCUT2D eigenvalue weighted by Crippen LogP contribution is 2.38. The van der Waals surface area contributed by atoms with Gasteiger partial charge < -0.3 is 15.0 Å². The van der Waals surface area contributed by atoms with E-state index in [4.69, 9.17) is 0 Å². The summed E-state index contributed by atoms with van der Waals surface area (Å²) in [6, 6.07) is 13.7. The molecule has 4 nitrogen and oxygen atoms in total. The number of amides is 1. The first-order valence-electron chi connectivity index (χ1n) is 8.25. The fraction of sp³-hybridized carbons (Fsp3) is 0.316. The Morgan fingerprint density at radius 2 is 1.84 bits per heavy atom. The van der Waals surface area contributed by atoms with Crippen molar-refractivity contribution in [3.8, 4) is 5.75 Å². The lowest BCUT2D eigenvalue weighted by atomic mass is 10.0. The first kappa shape index (κ1) is 17.2. The molecule has 6 heteroatoms. The number of carbonyl (C=O) groups excluding carboxylic acids is 1. The van der Waals surface area contributed by atoms with Gasteiger partial charge >= 0.3 is 6.61 Å². The van der Waals surface area contributed by atoms with Crippen LogP contribution in [0.5, 0.6) is 5.75 Å². The molecule has 3 rings (SSSR count). The lowest BCUT2D eigenvalue weighted by molar-refractivity contribution is -0.0510. The smallest absolute Gasteiger partial charge is 0.387 e. The fourth-order valence-corrected chi connectivity index (χ4v) is 3.06. The maximum absolute atomic E-state index is 13.0. The van der Waals surface area contributed by atoms with Crippen LogP contribution in [0.3, 0.4) is 0 Å². The van der Waals surface area contributed by atoms with Crippen LogP contribution in [-0.4, -0.2) is 23.5 Å². The van der Waals surface area contributed by atoms with E-state index in [1.807, 2.05) is 26.0 Å². The van der Waals surface area contributed by atoms with Gasteiger partial charge in [-0.1, -0.05) is 37.3 Å². The van der Waals surface area contributed by atoms with Crippen molar-refractivity contribution in [1.82, 2.24) is 4.90 Å². The van der Waals surface area contributed by atoms with Crippen LogP contribution in [-0.2, 0) is 0 Å². The molecule has 1 aliphatic heterocycles. The molecule has 132 valence electrons. The summed E-state index contributed by atoms with van der Waals surface area (Å²) in [6.07, 6.45) is 0.163. The minimum atomic E-state index is -2.93. The van der Waals surface area contributed by atoms with Gasteiger partial charge in [0.15, 0.2) is 0 Å². The number of ether oxygens (including phenoxy) is 1. The molecule has 25 heavy (non-hydrogen) atoms. The summed E-state index contributed by atoms with van der Waals surface area (Å²) in [5, 5.41) is 3.30. The Morgan fingerprint density at radius 3 is 2.56 bits per heavy atom. The van der Waals surface area contributed by atoms with Gasteiger partial charge in [-0.25, -0.2) is 0 Å². The van der Waals surface area contributed by atoms with Crippen molar-refractivity contribution < 1.29 is 18.3 Å². The molecule has 2 aromatic carbocycles. The van der Waals surface area contributed by atoms with Crippen LogP contribution in [0.15, 0.2) is 48.5 Å². The highest BCUT2D eigenvalue weighted by atomic mass is 19.3. The zero-order valence-electron chi connectivity index (χ0n) is 14.1. The summed E-state index contributed by atoms with van der Waals surface area (Å²) >= 11 is 0. The second-order valence-electron chi connectivity index (χ2n) is 5.98. The van der Waals surface area contributed by atoms with Gasteiger partial charge in [-0.2, -0.15) is 8.78 Å². The lowest BCUT2D eigenvalue weighted by Gasteiger charge is -2.41. The number of nitrogens with one attached hydrogen (secondary N) is 1. The highest BCUT2D eigenvalue weighted by molar-refractivity contribution is 6.02. The number of hydrogen-bond donors (Lipinski definition) is 1. The normalized spacial score (nSPS) is 17.9. The Bertz CT molecular complexity index is 767. The molecule has 0 fully saturated rings. The summed E-state index contributed by atoms with van der Waals surface area (Å²) in [6.45, 7) is 0.999. The number of alkyl halides is 2. The molecule has 2 aromatic rings. The maximum atomic E-state index is 13.0. The van der Waals surface area contributed by atoms with E-state index in [1.165, 1.54) is 6.07 Å². The second-order valence-corrected chi connectivity index (χ2v) is 5.98. The molecule has 2 atom stereocenters. The van der Waals surface area contributed by atoms with E-state index in [9.17, 15) is 13.6 Å². The minimum Gasteiger partial charge on any atom is -0.434 e. The third-order valence-corrected chi connectivity index (χ3v) is 4.46. The van der Waals surface area contributed by atoms with Gasteiger partial charge in [0, 0.05) is 17.3 Å². The number of carbonyl (C=O) groups is 1. The third-order valence-electron chi connectivity index (χ3n) is 4.46. The van der Waals surface area contributed by atoms with E-state index >= 15 is 0 Å². The number of anilines is 1. The molecule has 0 unspecified atom stereocenters. The number of para-hydroxylation sites is 2. The Hall–Kier alpha value is -2.63. The van der Waals surface area contributed by atoms with E-state index in [2.05, 4.69) is 10.1 Å². The average molecular weight is 346 g/mol. The predicted molar refractivity (Wildman–Crippen MR) is 91.8 cm³/mol. The first-order chi connectivity index (χ1) is 12.0. The zero-order chi connectivity index (χ0) is 18.0. The van der Waals surface area contributed by atoms with E-state index in [1.54, 1.807) is 35.2 Å². The number of fused-ring (bicyclic) bond motifs is 1. The molecule has 1 amide bonds. The van der Waals surface area contributed by atoms with Crippen molar-refractivity contribution in [3.63, 3.8) is 0 Å². The van der Waals surface area contributed by atoms with Crippen LogP contribution in [0.1, 0.15) is 42.4 Å². The van der Waals surface area contributed by atoms with Crippen LogP contribution >= 0.6 is 0 Å². The molecule has 0 saturated heterocycles. The number of hydrogen-bond acceptors (Lipinski definition) is 3. The molecule has 1 N–H and O–H groups in total. The summed E-state index contributed by atoms with van der Waals surface area (Å²) in [5.41, 5.74) is 1.76. The molecular formula is C19H20F2N2O2. The Balaban J connectivity index is 2.09. The van der Waals surface area contributed by atoms with E-state index in [0.717, 1.165) is 6.42 Å². The molecule has 0 saturated carbocycles. The number of halogens is 2. The van der Waals surface area contributed by atoms with Crippen molar-refractivity contribution in [2.75, 3.05) is 5.32 Å². The van der Waals surface area contributed by atoms with Gasteiger partial charge in [-0.15, -0.1) is 0 Å². The van der Waals surface area contributed by atoms with Crippen LogP contribution in [0, 0.1) is 0 Å². The first-order valence-corrected chi connectivity index (χ1v) is 8.25. The van der Waals surface area contributed by atoms with Crippen molar-refractivity contribution in [2.24, 2.45) is 0 Å². The lowest BCUT2D eigenvalue weighted by Crippen LogP contribution is -2.47. The Morgan fingerprint density at radius 1 is 1.16 bits per heavy atom. The van der Waals surface area contributed by atoms with E-state index < -0.39 is 12.8 Å². The SMILES string of the molecule is CC[C@@H](C)N1C(=O)c2ccccc2N[C@H]1c1ccccc1OC(F)F. The van der Waals surface area contributed by atoms with Gasteiger partial charge in [-0.3, -0.25) is 4.79 Å². The number of rotatable bonds is 5. The largest absolute Gasteiger partial charge is 0.434 e. The highest BCUT2D eigenvalue weighted by Gasteiger charge is 2.36. The summed E-state index contributed by atoms with van der Waals surface area (Å²) < 4.78 is 30.2. The summed E-state index contributed by atoms with van der Waals surface area (Å²) in [5.74, 6) is -0.0592. The van der Waals surface area contributed by atoms with E-state index in [-0.39, 0.29) is 17.7 Å². The maximum Gasteiger partial charge on any atom is 0.387 e. The van der Waals surface area contributed by atoms with Crippen LogP contribution < -0.4 is 10.1 Å². The predicted octanol–water partition coefficient (Wildman–Crippen LogP) is 4.65. The molecule has 0 spiro atoms. The van der Waals surface area contributed by atoms with Crippen LogP contribution in [0.25, 0.3) is 0 Å². The van der Waals surface area contributed by atoms with Crippen molar-refractivity contribution in [2.45, 2.75) is 39.1 Å². The number of nitrogens with zero attached hydrogens (tertiary/aromatic N) is 1. The monoisotopic (exact) mass is 346 g/mol. The van der Waals surface area contributed by atoms with Crippen LogP contribution in [0.2, 0.25) is 0 Å². The fourth-order valence-electron chi connectivity index (χ4n) is 3.06. The molecule has 0 bridgehead atoms. The molecule has 1 heterocycles.